The molecule has 20 heavy (non-hydrogen) atoms. The summed E-state index contributed by atoms with van der Waals surface area (Å²) >= 11 is 0. The lowest BCUT2D eigenvalue weighted by Crippen LogP contribution is -2.21. The number of rotatable bonds is 7. The van der Waals surface area contributed by atoms with E-state index >= 15 is 0 Å². The Morgan fingerprint density at radius 2 is 2.10 bits per heavy atom. The van der Waals surface area contributed by atoms with Crippen molar-refractivity contribution in [2.75, 3.05) is 32.6 Å². The summed E-state index contributed by atoms with van der Waals surface area (Å²) < 4.78 is 4.83. The molecule has 1 aromatic rings. The Morgan fingerprint density at radius 3 is 2.65 bits per heavy atom. The van der Waals surface area contributed by atoms with E-state index in [4.69, 9.17) is 4.74 Å². The van der Waals surface area contributed by atoms with E-state index in [0.29, 0.717) is 37.4 Å². The maximum absolute atomic E-state index is 11.7. The number of amides is 1. The van der Waals surface area contributed by atoms with Crippen LogP contribution in [0.5, 0.6) is 0 Å². The minimum atomic E-state index is -0.186. The first kappa shape index (κ1) is 15.9. The van der Waals surface area contributed by atoms with Crippen molar-refractivity contribution in [2.24, 2.45) is 0 Å². The number of aromatic nitrogens is 1. The highest BCUT2D eigenvalue weighted by Gasteiger charge is 2.07. The molecular weight excluding hydrogens is 258 g/mol. The van der Waals surface area contributed by atoms with Gasteiger partial charge >= 0.3 is 5.97 Å². The van der Waals surface area contributed by atoms with Crippen LogP contribution in [0.3, 0.4) is 0 Å². The summed E-state index contributed by atoms with van der Waals surface area (Å²) in [7, 11) is 3.40. The summed E-state index contributed by atoms with van der Waals surface area (Å²) in [5, 5.41) is 3.09. The molecule has 0 fully saturated rings. The zero-order valence-electron chi connectivity index (χ0n) is 12.2. The summed E-state index contributed by atoms with van der Waals surface area (Å²) in [4.78, 5) is 28.5. The second-order valence-corrected chi connectivity index (χ2v) is 4.47. The van der Waals surface area contributed by atoms with Crippen LogP contribution >= 0.6 is 0 Å². The van der Waals surface area contributed by atoms with E-state index in [1.165, 1.54) is 11.1 Å². The molecule has 0 bridgehead atoms. The van der Waals surface area contributed by atoms with E-state index in [0.717, 1.165) is 0 Å². The molecule has 6 nitrogen and oxygen atoms in total. The summed E-state index contributed by atoms with van der Waals surface area (Å²) in [6, 6.07) is 3.48. The minimum Gasteiger partial charge on any atom is -0.466 e. The molecule has 6 heteroatoms. The van der Waals surface area contributed by atoms with Gasteiger partial charge in [0.15, 0.2) is 0 Å². The Morgan fingerprint density at radius 1 is 1.35 bits per heavy atom. The van der Waals surface area contributed by atoms with Crippen LogP contribution in [0.2, 0.25) is 0 Å². The van der Waals surface area contributed by atoms with Crippen molar-refractivity contribution in [3.63, 3.8) is 0 Å². The molecule has 0 atom stereocenters. The van der Waals surface area contributed by atoms with Crippen molar-refractivity contribution >= 4 is 17.7 Å². The monoisotopic (exact) mass is 279 g/mol. The van der Waals surface area contributed by atoms with Crippen LogP contribution < -0.4 is 5.32 Å². The van der Waals surface area contributed by atoms with Crippen LogP contribution in [0.25, 0.3) is 0 Å². The standard InChI is InChI=1S/C14H21N3O3/c1-4-20-13(18)6-5-9-15-12-8-7-11(10-16-12)14(19)17(2)3/h7-8,10H,4-6,9H2,1-3H3,(H,15,16). The summed E-state index contributed by atoms with van der Waals surface area (Å²) in [5.41, 5.74) is 0.548. The van der Waals surface area contributed by atoms with Crippen molar-refractivity contribution in [1.82, 2.24) is 9.88 Å². The van der Waals surface area contributed by atoms with E-state index in [-0.39, 0.29) is 11.9 Å². The lowest BCUT2D eigenvalue weighted by atomic mass is 10.2. The Labute approximate surface area is 119 Å². The van der Waals surface area contributed by atoms with Gasteiger partial charge in [0.1, 0.15) is 5.82 Å². The van der Waals surface area contributed by atoms with Crippen molar-refractivity contribution in [2.45, 2.75) is 19.8 Å². The Bertz CT molecular complexity index is 443. The van der Waals surface area contributed by atoms with Crippen LogP contribution in [0.4, 0.5) is 5.82 Å². The maximum atomic E-state index is 11.7. The van der Waals surface area contributed by atoms with Crippen LogP contribution in [0, 0.1) is 0 Å². The van der Waals surface area contributed by atoms with E-state index in [1.807, 2.05) is 0 Å². The van der Waals surface area contributed by atoms with Crippen molar-refractivity contribution in [3.05, 3.63) is 23.9 Å². The van der Waals surface area contributed by atoms with Crippen LogP contribution in [0.1, 0.15) is 30.1 Å². The SMILES string of the molecule is CCOC(=O)CCCNc1ccc(C(=O)N(C)C)cn1. The summed E-state index contributed by atoms with van der Waals surface area (Å²) in [5.74, 6) is 0.421. The normalized spacial score (nSPS) is 9.95. The van der Waals surface area contributed by atoms with E-state index < -0.39 is 0 Å². The molecule has 0 unspecified atom stereocenters. The maximum Gasteiger partial charge on any atom is 0.305 e. The highest BCUT2D eigenvalue weighted by molar-refractivity contribution is 5.93. The molecule has 1 rings (SSSR count). The first-order valence-corrected chi connectivity index (χ1v) is 6.61. The molecule has 110 valence electrons. The van der Waals surface area contributed by atoms with Gasteiger partial charge in [-0.2, -0.15) is 0 Å². The van der Waals surface area contributed by atoms with Gasteiger partial charge in [-0.1, -0.05) is 0 Å². The van der Waals surface area contributed by atoms with Gasteiger partial charge in [-0.05, 0) is 25.5 Å². The first-order chi connectivity index (χ1) is 9.54. The average molecular weight is 279 g/mol. The third kappa shape index (κ3) is 5.26. The number of esters is 1. The number of anilines is 1. The van der Waals surface area contributed by atoms with Gasteiger partial charge in [-0.3, -0.25) is 9.59 Å². The number of hydrogen-bond acceptors (Lipinski definition) is 5. The summed E-state index contributed by atoms with van der Waals surface area (Å²) in [6.45, 7) is 2.83. The number of nitrogens with one attached hydrogen (secondary N) is 1. The largest absolute Gasteiger partial charge is 0.466 e. The number of hydrogen-bond donors (Lipinski definition) is 1. The first-order valence-electron chi connectivity index (χ1n) is 6.61. The Kier molecular flexibility index (Phi) is 6.49. The molecule has 1 amide bonds. The lowest BCUT2D eigenvalue weighted by Gasteiger charge is -2.10. The van der Waals surface area contributed by atoms with Crippen molar-refractivity contribution in [3.8, 4) is 0 Å². The predicted molar refractivity (Wildman–Crippen MR) is 76.6 cm³/mol. The van der Waals surface area contributed by atoms with E-state index in [9.17, 15) is 9.59 Å². The van der Waals surface area contributed by atoms with Crippen LogP contribution in [-0.4, -0.2) is 49.0 Å². The Hall–Kier alpha value is -2.11. The molecule has 0 aliphatic heterocycles. The third-order valence-corrected chi connectivity index (χ3v) is 2.59. The molecule has 0 aliphatic rings. The van der Waals surface area contributed by atoms with Crippen LogP contribution in [-0.2, 0) is 9.53 Å². The molecule has 0 aliphatic carbocycles. The molecule has 1 N–H and O–H groups in total. The fourth-order valence-corrected chi connectivity index (χ4v) is 1.57. The molecule has 0 saturated heterocycles. The van der Waals surface area contributed by atoms with E-state index in [1.54, 1.807) is 33.2 Å². The lowest BCUT2D eigenvalue weighted by molar-refractivity contribution is -0.143. The van der Waals surface area contributed by atoms with Gasteiger partial charge < -0.3 is 15.0 Å². The average Bonchev–Trinajstić information content (AvgIpc) is 2.43. The molecule has 1 heterocycles. The smallest absolute Gasteiger partial charge is 0.305 e. The number of pyridine rings is 1. The quantitative estimate of drug-likeness (QED) is 0.605. The zero-order chi connectivity index (χ0) is 15.0. The highest BCUT2D eigenvalue weighted by atomic mass is 16.5. The highest BCUT2D eigenvalue weighted by Crippen LogP contribution is 2.07. The van der Waals surface area contributed by atoms with Gasteiger partial charge in [0, 0.05) is 33.3 Å². The van der Waals surface area contributed by atoms with Gasteiger partial charge in [-0.25, -0.2) is 4.98 Å². The molecule has 0 saturated carbocycles. The van der Waals surface area contributed by atoms with Gasteiger partial charge in [-0.15, -0.1) is 0 Å². The number of carbonyl (C=O) groups excluding carboxylic acids is 2. The third-order valence-electron chi connectivity index (χ3n) is 2.59. The van der Waals surface area contributed by atoms with E-state index in [2.05, 4.69) is 10.3 Å². The fourth-order valence-electron chi connectivity index (χ4n) is 1.57. The summed E-state index contributed by atoms with van der Waals surface area (Å²) in [6.07, 6.45) is 2.60. The van der Waals surface area contributed by atoms with Crippen LogP contribution in [0.15, 0.2) is 18.3 Å². The molecule has 0 aromatic carbocycles. The van der Waals surface area contributed by atoms with Crippen molar-refractivity contribution < 1.29 is 14.3 Å². The number of carbonyl (C=O) groups is 2. The molecule has 1 aromatic heterocycles. The van der Waals surface area contributed by atoms with Gasteiger partial charge in [0.25, 0.3) is 5.91 Å². The predicted octanol–water partition coefficient (Wildman–Crippen LogP) is 1.54. The van der Waals surface area contributed by atoms with Crippen molar-refractivity contribution in [1.29, 1.82) is 0 Å². The number of nitrogens with zero attached hydrogens (tertiary/aromatic N) is 2. The second-order valence-electron chi connectivity index (χ2n) is 4.47. The number of ether oxygens (including phenoxy) is 1. The minimum absolute atomic E-state index is 0.0774. The topological polar surface area (TPSA) is 71.5 Å². The molecule has 0 spiro atoms. The zero-order valence-corrected chi connectivity index (χ0v) is 12.2. The Balaban J connectivity index is 2.35. The fraction of sp³-hybridized carbons (Fsp3) is 0.500. The van der Waals surface area contributed by atoms with Gasteiger partial charge in [0.2, 0.25) is 0 Å². The second kappa shape index (κ2) is 8.14. The van der Waals surface area contributed by atoms with Gasteiger partial charge in [0.05, 0.1) is 12.2 Å². The molecule has 0 radical (unpaired) electrons. The molecular formula is C14H21N3O3.